The van der Waals surface area contributed by atoms with Crippen LogP contribution in [0.1, 0.15) is 10.4 Å². The minimum Gasteiger partial charge on any atom is -0.331 e. The molecule has 0 fully saturated rings. The Morgan fingerprint density at radius 2 is 1.94 bits per heavy atom. The highest BCUT2D eigenvalue weighted by atomic mass is 35.5. The molecule has 0 aliphatic carbocycles. The SMILES string of the molecule is C=CCN(CC=C)C(=O)c1c(F)cccc1Cl. The fourth-order valence-electron chi connectivity index (χ4n) is 1.41. The largest absolute Gasteiger partial charge is 0.331 e. The van der Waals surface area contributed by atoms with Gasteiger partial charge in [-0.05, 0) is 12.1 Å². The average Bonchev–Trinajstić information content (AvgIpc) is 2.28. The highest BCUT2D eigenvalue weighted by Crippen LogP contribution is 2.20. The molecule has 1 amide bonds. The molecule has 1 rings (SSSR count). The molecule has 0 saturated heterocycles. The van der Waals surface area contributed by atoms with Gasteiger partial charge in [-0.1, -0.05) is 29.8 Å². The molecule has 0 spiro atoms. The molecule has 0 heterocycles. The average molecular weight is 254 g/mol. The Hall–Kier alpha value is -1.61. The number of benzene rings is 1. The lowest BCUT2D eigenvalue weighted by atomic mass is 10.2. The minimum atomic E-state index is -0.624. The van der Waals surface area contributed by atoms with Crippen molar-refractivity contribution in [1.82, 2.24) is 4.90 Å². The smallest absolute Gasteiger partial charge is 0.258 e. The topological polar surface area (TPSA) is 20.3 Å². The van der Waals surface area contributed by atoms with Gasteiger partial charge in [-0.15, -0.1) is 13.2 Å². The monoisotopic (exact) mass is 253 g/mol. The molecule has 2 nitrogen and oxygen atoms in total. The van der Waals surface area contributed by atoms with Crippen LogP contribution in [0, 0.1) is 5.82 Å². The molecule has 0 bridgehead atoms. The molecule has 0 aromatic heterocycles. The molecule has 1 aromatic carbocycles. The molecule has 0 saturated carbocycles. The molecule has 0 radical (unpaired) electrons. The lowest BCUT2D eigenvalue weighted by Crippen LogP contribution is -2.32. The summed E-state index contributed by atoms with van der Waals surface area (Å²) in [5.74, 6) is -1.09. The zero-order chi connectivity index (χ0) is 12.8. The summed E-state index contributed by atoms with van der Waals surface area (Å²) < 4.78 is 13.6. The third kappa shape index (κ3) is 3.17. The van der Waals surface area contributed by atoms with Gasteiger partial charge in [-0.2, -0.15) is 0 Å². The van der Waals surface area contributed by atoms with Crippen LogP contribution >= 0.6 is 11.6 Å². The maximum absolute atomic E-state index is 13.6. The molecule has 0 atom stereocenters. The van der Waals surface area contributed by atoms with Crippen molar-refractivity contribution in [1.29, 1.82) is 0 Å². The second-order valence-corrected chi connectivity index (χ2v) is 3.79. The van der Waals surface area contributed by atoms with E-state index < -0.39 is 11.7 Å². The van der Waals surface area contributed by atoms with Crippen molar-refractivity contribution in [2.45, 2.75) is 0 Å². The molecule has 90 valence electrons. The van der Waals surface area contributed by atoms with Crippen LogP contribution in [0.3, 0.4) is 0 Å². The molecule has 1 aromatic rings. The predicted octanol–water partition coefficient (Wildman–Crippen LogP) is 3.29. The van der Waals surface area contributed by atoms with E-state index in [0.717, 1.165) is 0 Å². The summed E-state index contributed by atoms with van der Waals surface area (Å²) in [7, 11) is 0. The summed E-state index contributed by atoms with van der Waals surface area (Å²) in [5.41, 5.74) is -0.113. The molecule has 4 heteroatoms. The van der Waals surface area contributed by atoms with Gasteiger partial charge in [0.15, 0.2) is 0 Å². The Labute approximate surface area is 105 Å². The lowest BCUT2D eigenvalue weighted by molar-refractivity contribution is 0.0786. The highest BCUT2D eigenvalue weighted by molar-refractivity contribution is 6.33. The summed E-state index contributed by atoms with van der Waals surface area (Å²) in [6, 6.07) is 4.15. The fourth-order valence-corrected chi connectivity index (χ4v) is 1.66. The summed E-state index contributed by atoms with van der Waals surface area (Å²) in [4.78, 5) is 13.5. The van der Waals surface area contributed by atoms with Crippen molar-refractivity contribution in [3.8, 4) is 0 Å². The third-order valence-electron chi connectivity index (χ3n) is 2.16. The second-order valence-electron chi connectivity index (χ2n) is 3.38. The van der Waals surface area contributed by atoms with Gasteiger partial charge in [0.25, 0.3) is 5.91 Å². The quantitative estimate of drug-likeness (QED) is 0.738. The number of halogens is 2. The van der Waals surface area contributed by atoms with Gasteiger partial charge in [0, 0.05) is 13.1 Å². The predicted molar refractivity (Wildman–Crippen MR) is 67.7 cm³/mol. The zero-order valence-electron chi connectivity index (χ0n) is 9.33. The summed E-state index contributed by atoms with van der Waals surface area (Å²) in [6.07, 6.45) is 3.13. The van der Waals surface area contributed by atoms with Crippen LogP contribution in [-0.2, 0) is 0 Å². The van der Waals surface area contributed by atoms with E-state index in [4.69, 9.17) is 11.6 Å². The Balaban J connectivity index is 3.08. The van der Waals surface area contributed by atoms with E-state index in [-0.39, 0.29) is 10.6 Å². The molecule has 0 aliphatic heterocycles. The van der Waals surface area contributed by atoms with E-state index in [0.29, 0.717) is 13.1 Å². The Morgan fingerprint density at radius 3 is 2.41 bits per heavy atom. The number of nitrogens with zero attached hydrogens (tertiary/aromatic N) is 1. The van der Waals surface area contributed by atoms with Crippen molar-refractivity contribution < 1.29 is 9.18 Å². The van der Waals surface area contributed by atoms with E-state index >= 15 is 0 Å². The van der Waals surface area contributed by atoms with E-state index in [1.54, 1.807) is 12.2 Å². The van der Waals surface area contributed by atoms with Gasteiger partial charge in [-0.25, -0.2) is 4.39 Å². The van der Waals surface area contributed by atoms with Crippen molar-refractivity contribution in [3.05, 3.63) is 59.9 Å². The molecule has 0 unspecified atom stereocenters. The van der Waals surface area contributed by atoms with E-state index in [1.807, 2.05) is 0 Å². The maximum atomic E-state index is 13.6. The van der Waals surface area contributed by atoms with Crippen LogP contribution in [0.2, 0.25) is 5.02 Å². The lowest BCUT2D eigenvalue weighted by Gasteiger charge is -2.20. The first-order valence-corrected chi connectivity index (χ1v) is 5.44. The van der Waals surface area contributed by atoms with Gasteiger partial charge in [-0.3, -0.25) is 4.79 Å². The number of carbonyl (C=O) groups excluding carboxylic acids is 1. The van der Waals surface area contributed by atoms with Gasteiger partial charge >= 0.3 is 0 Å². The summed E-state index contributed by atoms with van der Waals surface area (Å²) >= 11 is 5.83. The highest BCUT2D eigenvalue weighted by Gasteiger charge is 2.20. The fraction of sp³-hybridized carbons (Fsp3) is 0.154. The minimum absolute atomic E-state index is 0.105. The van der Waals surface area contributed by atoms with E-state index in [1.165, 1.54) is 23.1 Å². The summed E-state index contributed by atoms with van der Waals surface area (Å²) in [5, 5.41) is 0.105. The van der Waals surface area contributed by atoms with Crippen molar-refractivity contribution in [2.75, 3.05) is 13.1 Å². The first kappa shape index (κ1) is 13.5. The first-order chi connectivity index (χ1) is 8.11. The first-order valence-electron chi connectivity index (χ1n) is 5.07. The maximum Gasteiger partial charge on any atom is 0.258 e. The molecule has 17 heavy (non-hydrogen) atoms. The second kappa shape index (κ2) is 6.21. The summed E-state index contributed by atoms with van der Waals surface area (Å²) in [6.45, 7) is 7.73. The number of hydrogen-bond donors (Lipinski definition) is 0. The number of amides is 1. The van der Waals surface area contributed by atoms with Crippen molar-refractivity contribution in [3.63, 3.8) is 0 Å². The molecular formula is C13H13ClFNO. The zero-order valence-corrected chi connectivity index (χ0v) is 10.1. The van der Waals surface area contributed by atoms with E-state index in [2.05, 4.69) is 13.2 Å². The van der Waals surface area contributed by atoms with Crippen LogP contribution in [0.4, 0.5) is 4.39 Å². The van der Waals surface area contributed by atoms with Gasteiger partial charge in [0.05, 0.1) is 10.6 Å². The Kier molecular flexibility index (Phi) is 4.91. The van der Waals surface area contributed by atoms with Crippen LogP contribution in [0.15, 0.2) is 43.5 Å². The van der Waals surface area contributed by atoms with Crippen LogP contribution in [-0.4, -0.2) is 23.9 Å². The number of hydrogen-bond acceptors (Lipinski definition) is 1. The van der Waals surface area contributed by atoms with E-state index in [9.17, 15) is 9.18 Å². The van der Waals surface area contributed by atoms with Crippen LogP contribution in [0.5, 0.6) is 0 Å². The van der Waals surface area contributed by atoms with Crippen LogP contribution < -0.4 is 0 Å². The van der Waals surface area contributed by atoms with Gasteiger partial charge < -0.3 is 4.90 Å². The molecule has 0 aliphatic rings. The van der Waals surface area contributed by atoms with Gasteiger partial charge in [0.2, 0.25) is 0 Å². The van der Waals surface area contributed by atoms with Crippen molar-refractivity contribution in [2.24, 2.45) is 0 Å². The molecule has 0 N–H and O–H groups in total. The number of rotatable bonds is 5. The van der Waals surface area contributed by atoms with Crippen molar-refractivity contribution >= 4 is 17.5 Å². The molecular weight excluding hydrogens is 241 g/mol. The Morgan fingerprint density at radius 1 is 1.35 bits per heavy atom. The Bertz CT molecular complexity index is 415. The normalized spacial score (nSPS) is 9.76. The standard InChI is InChI=1S/C13H13ClFNO/c1-3-8-16(9-4-2)13(17)12-10(14)6-5-7-11(12)15/h3-7H,1-2,8-9H2. The number of carbonyl (C=O) groups is 1. The van der Waals surface area contributed by atoms with Crippen LogP contribution in [0.25, 0.3) is 0 Å². The third-order valence-corrected chi connectivity index (χ3v) is 2.48. The van der Waals surface area contributed by atoms with Gasteiger partial charge in [0.1, 0.15) is 5.82 Å².